The number of nitrogens with one attached hydrogen (secondary N) is 2. The molecule has 2 N–H and O–H groups in total. The maximum absolute atomic E-state index is 12.5. The number of likely N-dealkylation sites (tertiary alicyclic amines) is 1. The first kappa shape index (κ1) is 24.6. The molecule has 1 aliphatic rings. The molecule has 3 rings (SSSR count). The first-order valence-electron chi connectivity index (χ1n) is 11.0. The van der Waals surface area contributed by atoms with Gasteiger partial charge in [-0.1, -0.05) is 47.5 Å². The Balaban J connectivity index is 1.52. The molecule has 1 aliphatic heterocycles. The Hall–Kier alpha value is -2.08. The SMILES string of the molecule is CC(C)(C)NC(=O)C1CCN(Cc2cccc(NC(=O)Cc3cccc(Cl)c3Cl)c2)CC1. The third kappa shape index (κ3) is 7.22. The molecule has 2 aromatic rings. The number of hydrogen-bond donors (Lipinski definition) is 2. The van der Waals surface area contributed by atoms with Gasteiger partial charge in [0.2, 0.25) is 11.8 Å². The van der Waals surface area contributed by atoms with E-state index in [0.29, 0.717) is 15.6 Å². The minimum absolute atomic E-state index is 0.0782. The molecule has 1 heterocycles. The van der Waals surface area contributed by atoms with Gasteiger partial charge in [0.15, 0.2) is 0 Å². The number of halogens is 2. The topological polar surface area (TPSA) is 61.4 Å². The van der Waals surface area contributed by atoms with Gasteiger partial charge in [-0.3, -0.25) is 14.5 Å². The first-order chi connectivity index (χ1) is 15.1. The second kappa shape index (κ2) is 10.7. The maximum Gasteiger partial charge on any atom is 0.228 e. The van der Waals surface area contributed by atoms with Gasteiger partial charge < -0.3 is 10.6 Å². The van der Waals surface area contributed by atoms with Crippen molar-refractivity contribution in [1.29, 1.82) is 0 Å². The van der Waals surface area contributed by atoms with Crippen LogP contribution in [0, 0.1) is 5.92 Å². The van der Waals surface area contributed by atoms with Crippen LogP contribution in [0.4, 0.5) is 5.69 Å². The zero-order valence-electron chi connectivity index (χ0n) is 18.9. The van der Waals surface area contributed by atoms with Crippen LogP contribution >= 0.6 is 23.2 Å². The van der Waals surface area contributed by atoms with Crippen LogP contribution in [0.5, 0.6) is 0 Å². The van der Waals surface area contributed by atoms with E-state index in [1.807, 2.05) is 39.0 Å². The summed E-state index contributed by atoms with van der Waals surface area (Å²) in [5.74, 6) is 0.0908. The summed E-state index contributed by atoms with van der Waals surface area (Å²) in [7, 11) is 0. The summed E-state index contributed by atoms with van der Waals surface area (Å²) in [6.07, 6.45) is 1.88. The Bertz CT molecular complexity index is 964. The van der Waals surface area contributed by atoms with E-state index in [-0.39, 0.29) is 29.7 Å². The molecule has 0 aliphatic carbocycles. The van der Waals surface area contributed by atoms with Crippen molar-refractivity contribution in [3.05, 3.63) is 63.6 Å². The molecule has 1 fully saturated rings. The molecule has 0 spiro atoms. The largest absolute Gasteiger partial charge is 0.351 e. The highest BCUT2D eigenvalue weighted by atomic mass is 35.5. The Morgan fingerprint density at radius 2 is 1.75 bits per heavy atom. The van der Waals surface area contributed by atoms with Crippen LogP contribution in [-0.2, 0) is 22.6 Å². The smallest absolute Gasteiger partial charge is 0.228 e. The van der Waals surface area contributed by atoms with Crippen LogP contribution in [0.25, 0.3) is 0 Å². The lowest BCUT2D eigenvalue weighted by Gasteiger charge is -2.33. The molecule has 2 aromatic carbocycles. The molecular formula is C25H31Cl2N3O2. The second-order valence-electron chi connectivity index (χ2n) is 9.43. The van der Waals surface area contributed by atoms with Crippen molar-refractivity contribution in [3.63, 3.8) is 0 Å². The van der Waals surface area contributed by atoms with Gasteiger partial charge >= 0.3 is 0 Å². The number of benzene rings is 2. The minimum atomic E-state index is -0.197. The van der Waals surface area contributed by atoms with E-state index in [4.69, 9.17) is 23.2 Å². The van der Waals surface area contributed by atoms with Gasteiger partial charge in [-0.2, -0.15) is 0 Å². The lowest BCUT2D eigenvalue weighted by Crippen LogP contribution is -2.46. The number of rotatable bonds is 6. The number of anilines is 1. The van der Waals surface area contributed by atoms with Gasteiger partial charge in [-0.25, -0.2) is 0 Å². The van der Waals surface area contributed by atoms with Crippen molar-refractivity contribution < 1.29 is 9.59 Å². The highest BCUT2D eigenvalue weighted by Gasteiger charge is 2.27. The molecule has 0 atom stereocenters. The Morgan fingerprint density at radius 3 is 2.44 bits per heavy atom. The molecule has 0 bridgehead atoms. The molecule has 0 radical (unpaired) electrons. The van der Waals surface area contributed by atoms with Crippen molar-refractivity contribution in [2.75, 3.05) is 18.4 Å². The molecule has 0 unspecified atom stereocenters. The van der Waals surface area contributed by atoms with E-state index >= 15 is 0 Å². The fourth-order valence-corrected chi connectivity index (χ4v) is 4.28. The molecule has 32 heavy (non-hydrogen) atoms. The number of hydrogen-bond acceptors (Lipinski definition) is 3. The highest BCUT2D eigenvalue weighted by Crippen LogP contribution is 2.26. The van der Waals surface area contributed by atoms with Gasteiger partial charge in [0.25, 0.3) is 0 Å². The lowest BCUT2D eigenvalue weighted by molar-refractivity contribution is -0.128. The van der Waals surface area contributed by atoms with Crippen LogP contribution in [-0.4, -0.2) is 35.3 Å². The van der Waals surface area contributed by atoms with Gasteiger partial charge in [0, 0.05) is 23.7 Å². The van der Waals surface area contributed by atoms with Crippen molar-refractivity contribution in [2.45, 2.75) is 52.1 Å². The maximum atomic E-state index is 12.5. The Kier molecular flexibility index (Phi) is 8.21. The summed E-state index contributed by atoms with van der Waals surface area (Å²) in [5, 5.41) is 6.89. The van der Waals surface area contributed by atoms with E-state index in [9.17, 15) is 9.59 Å². The average molecular weight is 476 g/mol. The molecule has 0 aromatic heterocycles. The van der Waals surface area contributed by atoms with Crippen LogP contribution in [0.3, 0.4) is 0 Å². The van der Waals surface area contributed by atoms with Gasteiger partial charge in [0.1, 0.15) is 0 Å². The van der Waals surface area contributed by atoms with Crippen molar-refractivity contribution >= 4 is 40.7 Å². The average Bonchev–Trinajstić information content (AvgIpc) is 2.71. The van der Waals surface area contributed by atoms with E-state index < -0.39 is 0 Å². The zero-order valence-corrected chi connectivity index (χ0v) is 20.4. The predicted octanol–water partition coefficient (Wildman–Crippen LogP) is 5.30. The number of carbonyl (C=O) groups is 2. The number of amides is 2. The Labute approximate surface area is 200 Å². The lowest BCUT2D eigenvalue weighted by atomic mass is 9.94. The highest BCUT2D eigenvalue weighted by molar-refractivity contribution is 6.42. The van der Waals surface area contributed by atoms with Crippen molar-refractivity contribution in [2.24, 2.45) is 5.92 Å². The summed E-state index contributed by atoms with van der Waals surface area (Å²) >= 11 is 12.2. The van der Waals surface area contributed by atoms with E-state index in [2.05, 4.69) is 21.6 Å². The summed E-state index contributed by atoms with van der Waals surface area (Å²) in [6, 6.07) is 13.2. The van der Waals surface area contributed by atoms with E-state index in [0.717, 1.165) is 43.7 Å². The molecule has 172 valence electrons. The zero-order chi connectivity index (χ0) is 23.3. The second-order valence-corrected chi connectivity index (χ2v) is 10.2. The summed E-state index contributed by atoms with van der Waals surface area (Å²) in [5.41, 5.74) is 2.38. The Morgan fingerprint density at radius 1 is 1.06 bits per heavy atom. The minimum Gasteiger partial charge on any atom is -0.351 e. The van der Waals surface area contributed by atoms with Crippen molar-refractivity contribution in [3.8, 4) is 0 Å². The summed E-state index contributed by atoms with van der Waals surface area (Å²) in [4.78, 5) is 27.3. The fourth-order valence-electron chi connectivity index (χ4n) is 3.89. The third-order valence-corrected chi connectivity index (χ3v) is 6.31. The van der Waals surface area contributed by atoms with Gasteiger partial charge in [-0.05, 0) is 76.0 Å². The first-order valence-corrected chi connectivity index (χ1v) is 11.7. The summed E-state index contributed by atoms with van der Waals surface area (Å²) in [6.45, 7) is 8.58. The molecule has 1 saturated heterocycles. The molecule has 7 heteroatoms. The van der Waals surface area contributed by atoms with Crippen LogP contribution in [0.2, 0.25) is 10.0 Å². The molecule has 5 nitrogen and oxygen atoms in total. The molecule has 2 amide bonds. The van der Waals surface area contributed by atoms with Crippen LogP contribution in [0.15, 0.2) is 42.5 Å². The number of carbonyl (C=O) groups excluding carboxylic acids is 2. The van der Waals surface area contributed by atoms with Crippen LogP contribution < -0.4 is 10.6 Å². The standard InChI is InChI=1S/C25H31Cl2N3O2/c1-25(2,3)29-24(32)18-10-12-30(13-11-18)16-17-6-4-8-20(14-17)28-22(31)15-19-7-5-9-21(26)23(19)27/h4-9,14,18H,10-13,15-16H2,1-3H3,(H,28,31)(H,29,32). The van der Waals surface area contributed by atoms with Gasteiger partial charge in [0.05, 0.1) is 16.5 Å². The fraction of sp³-hybridized carbons (Fsp3) is 0.440. The van der Waals surface area contributed by atoms with Crippen LogP contribution in [0.1, 0.15) is 44.7 Å². The molecular weight excluding hydrogens is 445 g/mol. The monoisotopic (exact) mass is 475 g/mol. The van der Waals surface area contributed by atoms with Crippen molar-refractivity contribution in [1.82, 2.24) is 10.2 Å². The predicted molar refractivity (Wildman–Crippen MR) is 131 cm³/mol. The van der Waals surface area contributed by atoms with E-state index in [1.165, 1.54) is 0 Å². The van der Waals surface area contributed by atoms with E-state index in [1.54, 1.807) is 18.2 Å². The normalized spacial score (nSPS) is 15.4. The number of piperidine rings is 1. The van der Waals surface area contributed by atoms with Gasteiger partial charge in [-0.15, -0.1) is 0 Å². The number of nitrogens with zero attached hydrogens (tertiary/aromatic N) is 1. The third-order valence-electron chi connectivity index (χ3n) is 5.46. The molecule has 0 saturated carbocycles. The summed E-state index contributed by atoms with van der Waals surface area (Å²) < 4.78 is 0. The quantitative estimate of drug-likeness (QED) is 0.595.